The van der Waals surface area contributed by atoms with E-state index in [1.807, 2.05) is 37.3 Å². The molecule has 3 N–H and O–H groups in total. The lowest BCUT2D eigenvalue weighted by Gasteiger charge is -2.17. The summed E-state index contributed by atoms with van der Waals surface area (Å²) in [6.07, 6.45) is 1.33. The summed E-state index contributed by atoms with van der Waals surface area (Å²) < 4.78 is 0. The van der Waals surface area contributed by atoms with Crippen LogP contribution in [0.1, 0.15) is 18.3 Å². The van der Waals surface area contributed by atoms with Crippen LogP contribution in [0.4, 0.5) is 5.82 Å². The summed E-state index contributed by atoms with van der Waals surface area (Å²) in [6.45, 7) is 1.90. The summed E-state index contributed by atoms with van der Waals surface area (Å²) in [5.41, 5.74) is 0.940. The van der Waals surface area contributed by atoms with Gasteiger partial charge in [0.2, 0.25) is 0 Å². The molecule has 1 atom stereocenters. The Kier molecular flexibility index (Phi) is 4.90. The van der Waals surface area contributed by atoms with Crippen LogP contribution in [0.25, 0.3) is 0 Å². The minimum absolute atomic E-state index is 0.0230. The molecule has 0 saturated heterocycles. The second-order valence-corrected chi connectivity index (χ2v) is 4.64. The molecule has 0 saturated carbocycles. The summed E-state index contributed by atoms with van der Waals surface area (Å²) in [4.78, 5) is 18.5. The number of aliphatic hydroxyl groups is 1. The van der Waals surface area contributed by atoms with Crippen molar-refractivity contribution in [2.45, 2.75) is 25.8 Å². The molecule has 1 unspecified atom stereocenters. The van der Waals surface area contributed by atoms with Gasteiger partial charge in [0, 0.05) is 12.5 Å². The van der Waals surface area contributed by atoms with Gasteiger partial charge in [-0.15, -0.1) is 0 Å². The summed E-state index contributed by atoms with van der Waals surface area (Å²) in [7, 11) is 0. The van der Waals surface area contributed by atoms with Gasteiger partial charge in [0.25, 0.3) is 5.56 Å². The van der Waals surface area contributed by atoms with Crippen molar-refractivity contribution in [1.82, 2.24) is 9.97 Å². The van der Waals surface area contributed by atoms with E-state index >= 15 is 0 Å². The fourth-order valence-corrected chi connectivity index (χ4v) is 2.02. The van der Waals surface area contributed by atoms with Crippen LogP contribution >= 0.6 is 0 Å². The van der Waals surface area contributed by atoms with Gasteiger partial charge in [0.05, 0.1) is 12.6 Å². The smallest absolute Gasteiger partial charge is 0.252 e. The van der Waals surface area contributed by atoms with Gasteiger partial charge >= 0.3 is 0 Å². The Bertz CT molecular complexity index is 596. The number of aromatic amines is 1. The van der Waals surface area contributed by atoms with Crippen LogP contribution in [0.5, 0.6) is 0 Å². The molecule has 0 bridgehead atoms. The predicted molar refractivity (Wildman–Crippen MR) is 78.9 cm³/mol. The maximum Gasteiger partial charge on any atom is 0.252 e. The molecular formula is C15H19N3O2. The fraction of sp³-hybridized carbons (Fsp3) is 0.333. The van der Waals surface area contributed by atoms with Crippen molar-refractivity contribution in [1.29, 1.82) is 0 Å². The lowest BCUT2D eigenvalue weighted by molar-refractivity contribution is 0.273. The quantitative estimate of drug-likeness (QED) is 0.742. The van der Waals surface area contributed by atoms with E-state index in [2.05, 4.69) is 15.3 Å². The van der Waals surface area contributed by atoms with Crippen LogP contribution in [0.3, 0.4) is 0 Å². The van der Waals surface area contributed by atoms with Crippen LogP contribution in [0.15, 0.2) is 41.2 Å². The molecule has 0 aliphatic carbocycles. The van der Waals surface area contributed by atoms with Gasteiger partial charge in [-0.25, -0.2) is 4.98 Å². The third-order valence-electron chi connectivity index (χ3n) is 3.02. The number of H-pyrrole nitrogens is 1. The Labute approximate surface area is 117 Å². The maximum atomic E-state index is 11.5. The lowest BCUT2D eigenvalue weighted by Crippen LogP contribution is -2.28. The molecule has 1 heterocycles. The van der Waals surface area contributed by atoms with E-state index < -0.39 is 0 Å². The third-order valence-corrected chi connectivity index (χ3v) is 3.02. The van der Waals surface area contributed by atoms with Crippen molar-refractivity contribution in [3.8, 4) is 0 Å². The molecule has 0 fully saturated rings. The Hall–Kier alpha value is -2.14. The molecule has 0 amide bonds. The number of aryl methyl sites for hydroxylation is 1. The van der Waals surface area contributed by atoms with Crippen LogP contribution < -0.4 is 10.9 Å². The zero-order chi connectivity index (χ0) is 14.4. The lowest BCUT2D eigenvalue weighted by atomic mass is 10.1. The minimum Gasteiger partial charge on any atom is -0.394 e. The number of rotatable bonds is 6. The molecule has 2 rings (SSSR count). The molecule has 0 radical (unpaired) electrons. The van der Waals surface area contributed by atoms with E-state index in [0.29, 0.717) is 24.5 Å². The average molecular weight is 273 g/mol. The molecule has 106 valence electrons. The number of nitrogens with one attached hydrogen (secondary N) is 2. The summed E-state index contributed by atoms with van der Waals surface area (Å²) in [5.74, 6) is 1.14. The molecule has 1 aromatic heterocycles. The molecular weight excluding hydrogens is 254 g/mol. The average Bonchev–Trinajstić information content (AvgIpc) is 2.47. The Balaban J connectivity index is 2.10. The van der Waals surface area contributed by atoms with Crippen LogP contribution in [-0.4, -0.2) is 27.7 Å². The van der Waals surface area contributed by atoms with Crippen molar-refractivity contribution in [2.24, 2.45) is 0 Å². The topological polar surface area (TPSA) is 78.0 Å². The predicted octanol–water partition coefficient (Wildman–Crippen LogP) is 1.35. The molecule has 2 aromatic rings. The number of hydrogen-bond donors (Lipinski definition) is 3. The van der Waals surface area contributed by atoms with E-state index in [1.54, 1.807) is 0 Å². The monoisotopic (exact) mass is 273 g/mol. The maximum absolute atomic E-state index is 11.5. The highest BCUT2D eigenvalue weighted by atomic mass is 16.3. The van der Waals surface area contributed by atoms with Gasteiger partial charge in [-0.3, -0.25) is 4.79 Å². The highest BCUT2D eigenvalue weighted by Crippen LogP contribution is 2.08. The first-order chi connectivity index (χ1) is 9.71. The Morgan fingerprint density at radius 2 is 2.10 bits per heavy atom. The van der Waals surface area contributed by atoms with Crippen LogP contribution in [0, 0.1) is 0 Å². The molecule has 5 heteroatoms. The largest absolute Gasteiger partial charge is 0.394 e. The first-order valence-corrected chi connectivity index (χ1v) is 6.72. The minimum atomic E-state index is -0.184. The number of nitrogens with zero attached hydrogens (tertiary/aromatic N) is 1. The summed E-state index contributed by atoms with van der Waals surface area (Å²) in [6, 6.07) is 11.1. The van der Waals surface area contributed by atoms with E-state index in [1.165, 1.54) is 6.07 Å². The standard InChI is InChI=1S/C15H19N3O2/c1-2-13-17-14(9-15(20)18-13)16-12(10-19)8-11-6-4-3-5-7-11/h3-7,9,12,19H,2,8,10H2,1H3,(H2,16,17,18,20). The molecule has 20 heavy (non-hydrogen) atoms. The van der Waals surface area contributed by atoms with E-state index in [4.69, 9.17) is 0 Å². The SMILES string of the molecule is CCc1nc(NC(CO)Cc2ccccc2)cc(=O)[nH]1. The van der Waals surface area contributed by atoms with Gasteiger partial charge in [0.1, 0.15) is 11.6 Å². The number of aromatic nitrogens is 2. The van der Waals surface area contributed by atoms with Crippen molar-refractivity contribution < 1.29 is 5.11 Å². The van der Waals surface area contributed by atoms with Crippen molar-refractivity contribution in [2.75, 3.05) is 11.9 Å². The zero-order valence-electron chi connectivity index (χ0n) is 11.5. The van der Waals surface area contributed by atoms with Crippen molar-refractivity contribution in [3.05, 3.63) is 58.1 Å². The number of hydrogen-bond acceptors (Lipinski definition) is 4. The van der Waals surface area contributed by atoms with Crippen molar-refractivity contribution >= 4 is 5.82 Å². The Morgan fingerprint density at radius 3 is 2.75 bits per heavy atom. The normalized spacial score (nSPS) is 12.1. The summed E-state index contributed by atoms with van der Waals surface area (Å²) in [5, 5.41) is 12.6. The van der Waals surface area contributed by atoms with E-state index in [9.17, 15) is 9.90 Å². The fourth-order valence-electron chi connectivity index (χ4n) is 2.02. The van der Waals surface area contributed by atoms with E-state index in [0.717, 1.165) is 5.56 Å². The summed E-state index contributed by atoms with van der Waals surface area (Å²) >= 11 is 0. The highest BCUT2D eigenvalue weighted by Gasteiger charge is 2.10. The van der Waals surface area contributed by atoms with Gasteiger partial charge in [-0.2, -0.15) is 0 Å². The second kappa shape index (κ2) is 6.86. The third kappa shape index (κ3) is 3.93. The molecule has 0 spiro atoms. The molecule has 5 nitrogen and oxygen atoms in total. The number of benzene rings is 1. The molecule has 1 aromatic carbocycles. The van der Waals surface area contributed by atoms with Gasteiger partial charge in [-0.05, 0) is 12.0 Å². The number of anilines is 1. The highest BCUT2D eigenvalue weighted by molar-refractivity contribution is 5.35. The molecule has 0 aliphatic heterocycles. The second-order valence-electron chi connectivity index (χ2n) is 4.64. The Morgan fingerprint density at radius 1 is 1.35 bits per heavy atom. The van der Waals surface area contributed by atoms with Crippen LogP contribution in [-0.2, 0) is 12.8 Å². The number of aliphatic hydroxyl groups excluding tert-OH is 1. The van der Waals surface area contributed by atoms with Gasteiger partial charge in [0.15, 0.2) is 0 Å². The van der Waals surface area contributed by atoms with Crippen LogP contribution in [0.2, 0.25) is 0 Å². The zero-order valence-corrected chi connectivity index (χ0v) is 11.5. The first-order valence-electron chi connectivity index (χ1n) is 6.72. The van der Waals surface area contributed by atoms with Gasteiger partial charge in [-0.1, -0.05) is 37.3 Å². The molecule has 0 aliphatic rings. The van der Waals surface area contributed by atoms with Gasteiger partial charge < -0.3 is 15.4 Å². The van der Waals surface area contributed by atoms with Crippen molar-refractivity contribution in [3.63, 3.8) is 0 Å². The van der Waals surface area contributed by atoms with E-state index in [-0.39, 0.29) is 18.2 Å². The first kappa shape index (κ1) is 14.3.